The first kappa shape index (κ1) is 33.5. The van der Waals surface area contributed by atoms with Crippen LogP contribution in [-0.4, -0.2) is 45.0 Å². The van der Waals surface area contributed by atoms with Crippen LogP contribution < -0.4 is 20.9 Å². The van der Waals surface area contributed by atoms with Crippen molar-refractivity contribution in [3.05, 3.63) is 116 Å². The first-order valence-corrected chi connectivity index (χ1v) is 16.8. The second-order valence-corrected chi connectivity index (χ2v) is 13.3. The lowest BCUT2D eigenvalue weighted by atomic mass is 10.1. The highest BCUT2D eigenvalue weighted by atomic mass is 79.9. The highest BCUT2D eigenvalue weighted by Crippen LogP contribution is 2.49. The van der Waals surface area contributed by atoms with Crippen LogP contribution in [0.1, 0.15) is 37.6 Å². The zero-order valence-electron chi connectivity index (χ0n) is 25.0. The van der Waals surface area contributed by atoms with E-state index in [0.717, 1.165) is 15.5 Å². The molecule has 242 valence electrons. The van der Waals surface area contributed by atoms with Crippen molar-refractivity contribution in [3.8, 4) is 5.75 Å². The van der Waals surface area contributed by atoms with Crippen molar-refractivity contribution in [1.29, 1.82) is 0 Å². The number of carbonyl (C=O) groups excluding carboxylic acids is 1. The summed E-state index contributed by atoms with van der Waals surface area (Å²) >= 11 is 3.11. The van der Waals surface area contributed by atoms with Crippen molar-refractivity contribution in [2.24, 2.45) is 0 Å². The van der Waals surface area contributed by atoms with Crippen LogP contribution in [0.15, 0.2) is 93.6 Å². The molecule has 14 heteroatoms. The van der Waals surface area contributed by atoms with Gasteiger partial charge in [0.1, 0.15) is 30.2 Å². The van der Waals surface area contributed by atoms with Gasteiger partial charge in [0.25, 0.3) is 5.56 Å². The van der Waals surface area contributed by atoms with Crippen molar-refractivity contribution < 1.29 is 33.0 Å². The number of nitrogens with zero attached hydrogens (tertiary/aromatic N) is 1. The number of aromatic amines is 1. The van der Waals surface area contributed by atoms with Crippen molar-refractivity contribution in [2.75, 3.05) is 6.61 Å². The molecule has 4 atom stereocenters. The Bertz CT molecular complexity index is 1890. The maximum absolute atomic E-state index is 14.4. The fourth-order valence-corrected chi connectivity index (χ4v) is 6.87. The predicted octanol–water partition coefficient (Wildman–Crippen LogP) is 5.02. The zero-order chi connectivity index (χ0) is 32.9. The smallest absolute Gasteiger partial charge is 0.459 e. The van der Waals surface area contributed by atoms with Gasteiger partial charge < -0.3 is 19.1 Å². The molecule has 3 N–H and O–H groups in total. The molecule has 0 aliphatic carbocycles. The number of hydrogen-bond acceptors (Lipinski definition) is 9. The van der Waals surface area contributed by atoms with E-state index in [1.165, 1.54) is 31.1 Å². The Morgan fingerprint density at radius 3 is 2.61 bits per heavy atom. The third-order valence-corrected chi connectivity index (χ3v) is 9.29. The molecule has 4 unspecified atom stereocenters. The second-order valence-electron chi connectivity index (χ2n) is 11.1. The van der Waals surface area contributed by atoms with Crippen molar-refractivity contribution in [1.82, 2.24) is 14.6 Å². The lowest BCUT2D eigenvalue weighted by Crippen LogP contribution is -2.47. The molecule has 1 fully saturated rings. The van der Waals surface area contributed by atoms with E-state index in [9.17, 15) is 24.1 Å². The van der Waals surface area contributed by atoms with Crippen LogP contribution in [0, 0.1) is 0 Å². The van der Waals surface area contributed by atoms with Gasteiger partial charge in [0, 0.05) is 18.0 Å². The molecule has 2 heterocycles. The van der Waals surface area contributed by atoms with Crippen molar-refractivity contribution >= 4 is 46.5 Å². The summed E-state index contributed by atoms with van der Waals surface area (Å²) < 4.78 is 38.9. The minimum atomic E-state index is -4.39. The Morgan fingerprint density at radius 1 is 1.13 bits per heavy atom. The number of H-pyrrole nitrogens is 1. The summed E-state index contributed by atoms with van der Waals surface area (Å²) in [6, 6.07) is 21.7. The van der Waals surface area contributed by atoms with Gasteiger partial charge in [-0.25, -0.2) is 9.36 Å². The van der Waals surface area contributed by atoms with E-state index in [4.69, 9.17) is 18.5 Å². The molecule has 1 aromatic heterocycles. The standard InChI is InChI=1S/C32H33BrN3O9P/c1-32(2,30(39)42-19-21-9-4-3-5-10-21)35-46(41,45-26-14-8-12-22-11-6-7-13-24(22)26)43-20-27-25(37)17-28(44-27)36-18-23(15-16-33)29(38)34-31(36)40/h3-16,18,25,27-28,37H,17,19-20H2,1-2H3,(H,35,41)(H,34,38,40)/b16-15+. The van der Waals surface area contributed by atoms with Gasteiger partial charge in [-0.2, -0.15) is 5.09 Å². The summed E-state index contributed by atoms with van der Waals surface area (Å²) in [5, 5.41) is 15.0. The van der Waals surface area contributed by atoms with Crippen LogP contribution in [0.5, 0.6) is 5.75 Å². The predicted molar refractivity (Wildman–Crippen MR) is 175 cm³/mol. The largest absolute Gasteiger partial charge is 0.459 e. The SMILES string of the molecule is CC(C)(NP(=O)(OCC1OC(n2cc(/C=C/Br)c(=O)[nH]c2=O)CC1O)Oc1cccc2ccccc12)C(=O)OCc1ccccc1. The van der Waals surface area contributed by atoms with Crippen LogP contribution in [0.25, 0.3) is 16.8 Å². The van der Waals surface area contributed by atoms with Crippen LogP contribution in [-0.2, 0) is 30.0 Å². The van der Waals surface area contributed by atoms with E-state index in [1.807, 2.05) is 48.5 Å². The van der Waals surface area contributed by atoms with E-state index < -0.39 is 55.5 Å². The number of benzene rings is 3. The molecule has 0 amide bonds. The van der Waals surface area contributed by atoms with Crippen molar-refractivity contribution in [2.45, 2.75) is 50.8 Å². The van der Waals surface area contributed by atoms with Crippen LogP contribution in [0.3, 0.4) is 0 Å². The minimum Gasteiger partial charge on any atom is -0.459 e. The molecule has 1 saturated heterocycles. The van der Waals surface area contributed by atoms with E-state index in [0.29, 0.717) is 5.39 Å². The molecular formula is C32H33BrN3O9P. The van der Waals surface area contributed by atoms with E-state index in [2.05, 4.69) is 26.0 Å². The molecule has 1 aliphatic rings. The van der Waals surface area contributed by atoms with Gasteiger partial charge in [-0.3, -0.25) is 23.7 Å². The Hall–Kier alpha value is -3.84. The number of halogens is 1. The maximum atomic E-state index is 14.4. The monoisotopic (exact) mass is 713 g/mol. The summed E-state index contributed by atoms with van der Waals surface area (Å²) in [6.45, 7) is 2.54. The number of aliphatic hydroxyl groups excluding tert-OH is 1. The van der Waals surface area contributed by atoms with Gasteiger partial charge in [0.15, 0.2) is 0 Å². The lowest BCUT2D eigenvalue weighted by Gasteiger charge is -2.30. The molecule has 0 saturated carbocycles. The van der Waals surface area contributed by atoms with Gasteiger partial charge in [-0.15, -0.1) is 0 Å². The van der Waals surface area contributed by atoms with Gasteiger partial charge in [-0.05, 0) is 41.9 Å². The molecule has 4 aromatic rings. The Labute approximate surface area is 272 Å². The van der Waals surface area contributed by atoms with Gasteiger partial charge in [0.2, 0.25) is 0 Å². The molecule has 0 spiro atoms. The normalized spacial score (nSPS) is 19.7. The topological polar surface area (TPSA) is 158 Å². The summed E-state index contributed by atoms with van der Waals surface area (Å²) in [5.41, 5.74) is -1.89. The number of aromatic nitrogens is 2. The summed E-state index contributed by atoms with van der Waals surface area (Å²) in [4.78, 5) is 41.5. The van der Waals surface area contributed by atoms with Crippen LogP contribution in [0.2, 0.25) is 0 Å². The number of rotatable bonds is 12. The third-order valence-electron chi connectivity index (χ3n) is 7.27. The average molecular weight is 715 g/mol. The van der Waals surface area contributed by atoms with E-state index in [-0.39, 0.29) is 24.3 Å². The highest BCUT2D eigenvalue weighted by Gasteiger charge is 2.43. The molecule has 5 rings (SSSR count). The molecule has 46 heavy (non-hydrogen) atoms. The van der Waals surface area contributed by atoms with Gasteiger partial charge in [-0.1, -0.05) is 82.7 Å². The summed E-state index contributed by atoms with van der Waals surface area (Å²) in [7, 11) is -4.39. The average Bonchev–Trinajstić information content (AvgIpc) is 3.40. The molecule has 12 nitrogen and oxygen atoms in total. The third kappa shape index (κ3) is 7.92. The van der Waals surface area contributed by atoms with Crippen LogP contribution in [0.4, 0.5) is 0 Å². The molecule has 0 bridgehead atoms. The zero-order valence-corrected chi connectivity index (χ0v) is 27.5. The van der Waals surface area contributed by atoms with Gasteiger partial charge >= 0.3 is 19.4 Å². The molecule has 3 aromatic carbocycles. The number of carbonyl (C=O) groups is 1. The Morgan fingerprint density at radius 2 is 1.85 bits per heavy atom. The Kier molecular flexibility index (Phi) is 10.4. The molecule has 0 radical (unpaired) electrons. The number of hydrogen-bond donors (Lipinski definition) is 3. The first-order chi connectivity index (χ1) is 22.0. The Balaban J connectivity index is 1.37. The maximum Gasteiger partial charge on any atom is 0.459 e. The number of aliphatic hydroxyl groups is 1. The molecule has 1 aliphatic heterocycles. The quantitative estimate of drug-likeness (QED) is 0.135. The molecular weight excluding hydrogens is 681 g/mol. The fourth-order valence-electron chi connectivity index (χ4n) is 4.89. The van der Waals surface area contributed by atoms with E-state index in [1.54, 1.807) is 24.3 Å². The highest BCUT2D eigenvalue weighted by molar-refractivity contribution is 9.11. The summed E-state index contributed by atoms with van der Waals surface area (Å²) in [5.74, 6) is -0.468. The minimum absolute atomic E-state index is 0.000876. The van der Waals surface area contributed by atoms with Crippen LogP contribution >= 0.6 is 23.7 Å². The summed E-state index contributed by atoms with van der Waals surface area (Å²) in [6.07, 6.45) is -0.367. The second kappa shape index (κ2) is 14.3. The first-order valence-electron chi connectivity index (χ1n) is 14.4. The number of fused-ring (bicyclic) bond motifs is 1. The number of ether oxygens (including phenoxy) is 2. The van der Waals surface area contributed by atoms with E-state index >= 15 is 0 Å². The van der Waals surface area contributed by atoms with Gasteiger partial charge in [0.05, 0.1) is 18.3 Å². The van der Waals surface area contributed by atoms with Crippen molar-refractivity contribution in [3.63, 3.8) is 0 Å². The number of esters is 1. The lowest BCUT2D eigenvalue weighted by molar-refractivity contribution is -0.151. The fraction of sp³-hybridized carbons (Fsp3) is 0.281. The number of nitrogens with one attached hydrogen (secondary N) is 2.